The summed E-state index contributed by atoms with van der Waals surface area (Å²) in [5.74, 6) is 0.107. The number of aromatic nitrogens is 4. The molecule has 6 N–H and O–H groups in total. The zero-order valence-electron chi connectivity index (χ0n) is 10.2. The number of nitrogens with two attached hydrogens (primary N) is 1. The molecule has 0 saturated carbocycles. The Morgan fingerprint density at radius 2 is 2.20 bits per heavy atom. The van der Waals surface area contributed by atoms with Gasteiger partial charge in [0.2, 0.25) is 5.95 Å². The summed E-state index contributed by atoms with van der Waals surface area (Å²) in [5, 5.41) is 28.9. The number of ether oxygens (including phenoxy) is 1. The summed E-state index contributed by atoms with van der Waals surface area (Å²) in [5.41, 5.74) is 6.34. The van der Waals surface area contributed by atoms with Crippen LogP contribution in [-0.2, 0) is 4.74 Å². The number of hydrogen-bond donors (Lipinski definition) is 5. The monoisotopic (exact) mass is 299 g/mol. The molecule has 1 aliphatic heterocycles. The van der Waals surface area contributed by atoms with Gasteiger partial charge >= 0.3 is 0 Å². The van der Waals surface area contributed by atoms with E-state index in [1.165, 1.54) is 10.9 Å². The fourth-order valence-corrected chi connectivity index (χ4v) is 2.49. The Balaban J connectivity index is 2.09. The summed E-state index contributed by atoms with van der Waals surface area (Å²) in [6.45, 7) is -0.406. The smallest absolute Gasteiger partial charge is 0.200 e. The van der Waals surface area contributed by atoms with Gasteiger partial charge in [-0.1, -0.05) is 12.2 Å². The van der Waals surface area contributed by atoms with E-state index in [1.54, 1.807) is 0 Å². The lowest BCUT2D eigenvalue weighted by atomic mass is 10.1. The van der Waals surface area contributed by atoms with Crippen LogP contribution in [0.3, 0.4) is 0 Å². The molecule has 1 aliphatic rings. The average Bonchev–Trinajstić information content (AvgIpc) is 2.93. The van der Waals surface area contributed by atoms with Crippen LogP contribution in [0.15, 0.2) is 6.33 Å². The maximum absolute atomic E-state index is 10.0. The number of anilines is 1. The van der Waals surface area contributed by atoms with Gasteiger partial charge < -0.3 is 30.8 Å². The Morgan fingerprint density at radius 3 is 2.85 bits per heavy atom. The minimum Gasteiger partial charge on any atom is -0.394 e. The van der Waals surface area contributed by atoms with Crippen molar-refractivity contribution >= 4 is 29.3 Å². The second-order valence-corrected chi connectivity index (χ2v) is 4.91. The van der Waals surface area contributed by atoms with Crippen LogP contribution in [0.25, 0.3) is 11.2 Å². The summed E-state index contributed by atoms with van der Waals surface area (Å²) in [6, 6.07) is 0. The summed E-state index contributed by atoms with van der Waals surface area (Å²) in [7, 11) is 0. The minimum atomic E-state index is -1.22. The summed E-state index contributed by atoms with van der Waals surface area (Å²) in [6.07, 6.45) is -2.82. The van der Waals surface area contributed by atoms with E-state index < -0.39 is 31.1 Å². The third-order valence-electron chi connectivity index (χ3n) is 3.24. The van der Waals surface area contributed by atoms with Crippen molar-refractivity contribution in [3.8, 4) is 0 Å². The minimum absolute atomic E-state index is 0.107. The lowest BCUT2D eigenvalue weighted by Gasteiger charge is -2.16. The molecule has 2 aromatic heterocycles. The van der Waals surface area contributed by atoms with Crippen LogP contribution >= 0.6 is 12.2 Å². The fraction of sp³-hybridized carbons (Fsp3) is 0.500. The normalized spacial score (nSPS) is 30.1. The maximum atomic E-state index is 10.0. The largest absolute Gasteiger partial charge is 0.394 e. The van der Waals surface area contributed by atoms with Crippen LogP contribution in [0.5, 0.6) is 0 Å². The van der Waals surface area contributed by atoms with Crippen LogP contribution in [0.4, 0.5) is 5.95 Å². The van der Waals surface area contributed by atoms with Crippen molar-refractivity contribution in [1.82, 2.24) is 19.5 Å². The number of nitrogen functional groups attached to an aromatic ring is 1. The third-order valence-corrected chi connectivity index (χ3v) is 3.54. The molecular formula is C10H13N5O4S. The molecule has 1 saturated heterocycles. The quantitative estimate of drug-likeness (QED) is 0.430. The number of aliphatic hydroxyl groups excluding tert-OH is 3. The van der Waals surface area contributed by atoms with Gasteiger partial charge in [-0.15, -0.1) is 0 Å². The van der Waals surface area contributed by atoms with E-state index in [4.69, 9.17) is 27.8 Å². The standard InChI is InChI=1S/C10H13N5O4S/c11-10-13-7-4(8(20)14-10)12-2-15(7)9-6(18)5(17)3(1-16)19-9/h2-3,5-6,9,16-18H,1H2,(H3,11,13,14,20)/t3-,5-,6-,9?/m0/s1. The van der Waals surface area contributed by atoms with Crippen molar-refractivity contribution in [3.63, 3.8) is 0 Å². The molecule has 0 aliphatic carbocycles. The summed E-state index contributed by atoms with van der Waals surface area (Å²) in [4.78, 5) is 10.8. The average molecular weight is 299 g/mol. The van der Waals surface area contributed by atoms with Gasteiger partial charge in [0.1, 0.15) is 28.5 Å². The number of fused-ring (bicyclic) bond motifs is 1. The van der Waals surface area contributed by atoms with Crippen molar-refractivity contribution in [2.75, 3.05) is 12.3 Å². The van der Waals surface area contributed by atoms with E-state index in [9.17, 15) is 10.2 Å². The molecule has 108 valence electrons. The maximum Gasteiger partial charge on any atom is 0.200 e. The van der Waals surface area contributed by atoms with E-state index in [0.717, 1.165) is 0 Å². The van der Waals surface area contributed by atoms with E-state index >= 15 is 0 Å². The van der Waals surface area contributed by atoms with Crippen LogP contribution in [0.1, 0.15) is 6.23 Å². The molecular weight excluding hydrogens is 286 g/mol. The van der Waals surface area contributed by atoms with Gasteiger partial charge in [0, 0.05) is 0 Å². The number of rotatable bonds is 2. The van der Waals surface area contributed by atoms with E-state index in [2.05, 4.69) is 15.0 Å². The van der Waals surface area contributed by atoms with E-state index in [1.807, 2.05) is 0 Å². The van der Waals surface area contributed by atoms with Crippen molar-refractivity contribution in [2.45, 2.75) is 24.5 Å². The first-order valence-electron chi connectivity index (χ1n) is 5.87. The summed E-state index contributed by atoms with van der Waals surface area (Å²) >= 11 is 5.08. The lowest BCUT2D eigenvalue weighted by molar-refractivity contribution is -0.0511. The second kappa shape index (κ2) is 4.75. The molecule has 1 unspecified atom stereocenters. The first-order chi connectivity index (χ1) is 9.52. The Hall–Kier alpha value is -1.59. The van der Waals surface area contributed by atoms with Gasteiger partial charge in [-0.3, -0.25) is 4.57 Å². The molecule has 4 atom stereocenters. The molecule has 0 radical (unpaired) electrons. The molecule has 3 heterocycles. The number of aliphatic hydroxyl groups is 3. The van der Waals surface area contributed by atoms with Gasteiger partial charge in [-0.05, 0) is 0 Å². The highest BCUT2D eigenvalue weighted by molar-refractivity contribution is 7.71. The predicted octanol–water partition coefficient (Wildman–Crippen LogP) is -1.32. The molecule has 0 spiro atoms. The molecule has 2 aromatic rings. The van der Waals surface area contributed by atoms with Gasteiger partial charge in [0.05, 0.1) is 12.9 Å². The number of imidazole rings is 1. The highest BCUT2D eigenvalue weighted by Crippen LogP contribution is 2.31. The van der Waals surface area contributed by atoms with Crippen LogP contribution in [0, 0.1) is 4.64 Å². The molecule has 10 heteroatoms. The number of nitrogens with zero attached hydrogens (tertiary/aromatic N) is 3. The van der Waals surface area contributed by atoms with Crippen molar-refractivity contribution in [1.29, 1.82) is 0 Å². The van der Waals surface area contributed by atoms with Gasteiger partial charge in [-0.25, -0.2) is 4.98 Å². The molecule has 20 heavy (non-hydrogen) atoms. The zero-order chi connectivity index (χ0) is 14.4. The topological polar surface area (TPSA) is 142 Å². The predicted molar refractivity (Wildman–Crippen MR) is 70.1 cm³/mol. The Bertz CT molecular complexity index is 701. The highest BCUT2D eigenvalue weighted by Gasteiger charge is 2.43. The summed E-state index contributed by atoms with van der Waals surface area (Å²) < 4.78 is 7.16. The second-order valence-electron chi connectivity index (χ2n) is 4.50. The molecule has 0 amide bonds. The van der Waals surface area contributed by atoms with Crippen molar-refractivity contribution in [2.24, 2.45) is 0 Å². The van der Waals surface area contributed by atoms with Crippen molar-refractivity contribution < 1.29 is 20.1 Å². The van der Waals surface area contributed by atoms with Crippen LogP contribution < -0.4 is 5.73 Å². The number of H-pyrrole nitrogens is 1. The Labute approximate surface area is 117 Å². The zero-order valence-corrected chi connectivity index (χ0v) is 11.0. The van der Waals surface area contributed by atoms with Crippen molar-refractivity contribution in [3.05, 3.63) is 11.0 Å². The molecule has 1 fully saturated rings. The first kappa shape index (κ1) is 13.4. The number of aromatic amines is 1. The Morgan fingerprint density at radius 1 is 1.45 bits per heavy atom. The lowest BCUT2D eigenvalue weighted by Crippen LogP contribution is -2.33. The number of nitrogens with one attached hydrogen (secondary N) is 1. The Kier molecular flexibility index (Phi) is 3.18. The van der Waals surface area contributed by atoms with E-state index in [0.29, 0.717) is 15.8 Å². The van der Waals surface area contributed by atoms with E-state index in [-0.39, 0.29) is 5.95 Å². The van der Waals surface area contributed by atoms with Gasteiger partial charge in [0.15, 0.2) is 11.9 Å². The molecule has 0 aromatic carbocycles. The van der Waals surface area contributed by atoms with Crippen LogP contribution in [0.2, 0.25) is 0 Å². The highest BCUT2D eigenvalue weighted by atomic mass is 32.1. The van der Waals surface area contributed by atoms with Gasteiger partial charge in [-0.2, -0.15) is 4.98 Å². The van der Waals surface area contributed by atoms with Gasteiger partial charge in [0.25, 0.3) is 0 Å². The molecule has 0 bridgehead atoms. The van der Waals surface area contributed by atoms with Crippen LogP contribution in [-0.4, -0.2) is 59.8 Å². The number of hydrogen-bond acceptors (Lipinski definition) is 8. The third kappa shape index (κ3) is 1.89. The molecule has 9 nitrogen and oxygen atoms in total. The molecule has 3 rings (SSSR count). The SMILES string of the molecule is Nc1nc2c(ncn2C2O[C@@H](CO)[C@H](O)[C@@H]2O)c(=S)[nH]1. The fourth-order valence-electron chi connectivity index (χ4n) is 2.24. The first-order valence-corrected chi connectivity index (χ1v) is 6.28.